The average Bonchev–Trinajstić information content (AvgIpc) is 2.84. The molecule has 3 aromatic carbocycles. The Labute approximate surface area is 204 Å². The van der Waals surface area contributed by atoms with Crippen molar-refractivity contribution in [2.45, 2.75) is 4.90 Å². The normalized spacial score (nSPS) is 14.2. The molecule has 0 spiro atoms. The van der Waals surface area contributed by atoms with Gasteiger partial charge in [0.05, 0.1) is 15.6 Å². The van der Waals surface area contributed by atoms with Crippen LogP contribution in [0.4, 0.5) is 11.4 Å². The fourth-order valence-corrected chi connectivity index (χ4v) is 5.79. The number of hydrogen-bond acceptors (Lipinski definition) is 4. The van der Waals surface area contributed by atoms with Crippen LogP contribution >= 0.6 is 23.2 Å². The lowest BCUT2D eigenvalue weighted by atomic mass is 10.2. The van der Waals surface area contributed by atoms with E-state index in [0.29, 0.717) is 31.2 Å². The highest BCUT2D eigenvalue weighted by Crippen LogP contribution is 2.32. The molecule has 172 valence electrons. The van der Waals surface area contributed by atoms with Crippen molar-refractivity contribution in [2.75, 3.05) is 41.9 Å². The minimum absolute atomic E-state index is 0.0812. The Bertz CT molecular complexity index is 1220. The first kappa shape index (κ1) is 23.4. The van der Waals surface area contributed by atoms with Gasteiger partial charge in [-0.2, -0.15) is 0 Å². The molecule has 1 heterocycles. The molecule has 0 bridgehead atoms. The lowest BCUT2D eigenvalue weighted by Gasteiger charge is -2.37. The van der Waals surface area contributed by atoms with Gasteiger partial charge >= 0.3 is 0 Å². The van der Waals surface area contributed by atoms with Crippen molar-refractivity contribution in [1.82, 2.24) is 4.90 Å². The summed E-state index contributed by atoms with van der Waals surface area (Å²) >= 11 is 12.4. The Balaban J connectivity index is 1.56. The van der Waals surface area contributed by atoms with Crippen LogP contribution < -0.4 is 9.21 Å². The van der Waals surface area contributed by atoms with Gasteiger partial charge in [-0.3, -0.25) is 9.10 Å². The zero-order chi connectivity index (χ0) is 23.4. The lowest BCUT2D eigenvalue weighted by Crippen LogP contribution is -2.52. The highest BCUT2D eigenvalue weighted by Gasteiger charge is 2.31. The summed E-state index contributed by atoms with van der Waals surface area (Å²) in [5.41, 5.74) is 1.31. The summed E-state index contributed by atoms with van der Waals surface area (Å²) in [5.74, 6) is -0.284. The molecule has 6 nitrogen and oxygen atoms in total. The van der Waals surface area contributed by atoms with E-state index in [9.17, 15) is 13.2 Å². The van der Waals surface area contributed by atoms with Crippen molar-refractivity contribution in [3.05, 3.63) is 88.9 Å². The zero-order valence-corrected chi connectivity index (χ0v) is 20.1. The van der Waals surface area contributed by atoms with E-state index in [1.807, 2.05) is 30.3 Å². The molecule has 9 heteroatoms. The molecule has 1 amide bonds. The zero-order valence-electron chi connectivity index (χ0n) is 17.8. The molecule has 3 aromatic rings. The fraction of sp³-hybridized carbons (Fsp3) is 0.208. The first-order valence-electron chi connectivity index (χ1n) is 10.5. The number of carbonyl (C=O) groups is 1. The molecule has 0 atom stereocenters. The Morgan fingerprint density at radius 2 is 1.45 bits per heavy atom. The fourth-order valence-electron chi connectivity index (χ4n) is 3.78. The van der Waals surface area contributed by atoms with Crippen LogP contribution in [0.2, 0.25) is 10.0 Å². The summed E-state index contributed by atoms with van der Waals surface area (Å²) < 4.78 is 28.0. The summed E-state index contributed by atoms with van der Waals surface area (Å²) in [7, 11) is -4.03. The van der Waals surface area contributed by atoms with Crippen molar-refractivity contribution in [1.29, 1.82) is 0 Å². The number of benzene rings is 3. The average molecular weight is 504 g/mol. The molecular formula is C24H23Cl2N3O3S. The number of carbonyl (C=O) groups excluding carboxylic acids is 1. The summed E-state index contributed by atoms with van der Waals surface area (Å²) in [5, 5.41) is 0.535. The second kappa shape index (κ2) is 10.0. The maximum absolute atomic E-state index is 13.5. The predicted octanol–water partition coefficient (Wildman–Crippen LogP) is 4.54. The van der Waals surface area contributed by atoms with Gasteiger partial charge in [0.25, 0.3) is 10.0 Å². The molecule has 1 saturated heterocycles. The van der Waals surface area contributed by atoms with E-state index < -0.39 is 10.0 Å². The second-order valence-corrected chi connectivity index (χ2v) is 10.3. The highest BCUT2D eigenvalue weighted by atomic mass is 35.5. The number of nitrogens with zero attached hydrogens (tertiary/aromatic N) is 3. The molecular weight excluding hydrogens is 481 g/mol. The van der Waals surface area contributed by atoms with Gasteiger partial charge in [-0.05, 0) is 42.5 Å². The Kier molecular flexibility index (Phi) is 7.12. The molecule has 1 aliphatic rings. The largest absolute Gasteiger partial charge is 0.368 e. The van der Waals surface area contributed by atoms with Gasteiger partial charge in [-0.25, -0.2) is 8.42 Å². The Morgan fingerprint density at radius 1 is 0.848 bits per heavy atom. The Morgan fingerprint density at radius 3 is 2.06 bits per heavy atom. The van der Waals surface area contributed by atoms with E-state index in [1.54, 1.807) is 29.2 Å². The standard InChI is InChI=1S/C24H23Cl2N3O3S/c25-19-11-12-23(22(26)17-19)29(33(31,32)21-9-5-2-6-10-21)18-24(30)28-15-13-27(14-16-28)20-7-3-1-4-8-20/h1-12,17H,13-16,18H2. The number of rotatable bonds is 6. The van der Waals surface area contributed by atoms with Gasteiger partial charge in [-0.15, -0.1) is 0 Å². The molecule has 0 saturated carbocycles. The second-order valence-electron chi connectivity index (χ2n) is 7.62. The van der Waals surface area contributed by atoms with Crippen LogP contribution in [0.5, 0.6) is 0 Å². The van der Waals surface area contributed by atoms with E-state index in [4.69, 9.17) is 23.2 Å². The molecule has 0 unspecified atom stereocenters. The van der Waals surface area contributed by atoms with Crippen molar-refractivity contribution in [2.24, 2.45) is 0 Å². The summed E-state index contributed by atoms with van der Waals surface area (Å²) in [6, 6.07) is 22.5. The van der Waals surface area contributed by atoms with Gasteiger partial charge in [0.1, 0.15) is 6.54 Å². The van der Waals surface area contributed by atoms with Crippen LogP contribution in [-0.4, -0.2) is 51.9 Å². The molecule has 33 heavy (non-hydrogen) atoms. The van der Waals surface area contributed by atoms with Crippen LogP contribution in [0, 0.1) is 0 Å². The van der Waals surface area contributed by atoms with Gasteiger partial charge in [0, 0.05) is 36.9 Å². The number of amides is 1. The van der Waals surface area contributed by atoms with Crippen LogP contribution in [-0.2, 0) is 14.8 Å². The Hall–Kier alpha value is -2.74. The minimum atomic E-state index is -4.03. The van der Waals surface area contributed by atoms with Gasteiger partial charge in [0.15, 0.2) is 0 Å². The SMILES string of the molecule is O=C(CN(c1ccc(Cl)cc1Cl)S(=O)(=O)c1ccccc1)N1CCN(c2ccccc2)CC1. The maximum atomic E-state index is 13.5. The van der Waals surface area contributed by atoms with Crippen LogP contribution in [0.15, 0.2) is 83.8 Å². The first-order chi connectivity index (χ1) is 15.9. The van der Waals surface area contributed by atoms with Crippen LogP contribution in [0.3, 0.4) is 0 Å². The van der Waals surface area contributed by atoms with E-state index in [2.05, 4.69) is 4.90 Å². The molecule has 0 aliphatic carbocycles. The molecule has 1 fully saturated rings. The topological polar surface area (TPSA) is 60.9 Å². The number of halogens is 2. The van der Waals surface area contributed by atoms with E-state index >= 15 is 0 Å². The van der Waals surface area contributed by atoms with E-state index in [1.165, 1.54) is 24.3 Å². The molecule has 0 aromatic heterocycles. The van der Waals surface area contributed by atoms with Gasteiger partial charge < -0.3 is 9.80 Å². The third-order valence-electron chi connectivity index (χ3n) is 5.54. The predicted molar refractivity (Wildman–Crippen MR) is 133 cm³/mol. The highest BCUT2D eigenvalue weighted by molar-refractivity contribution is 7.92. The van der Waals surface area contributed by atoms with Crippen molar-refractivity contribution < 1.29 is 13.2 Å². The third-order valence-corrected chi connectivity index (χ3v) is 7.85. The van der Waals surface area contributed by atoms with Gasteiger partial charge in [-0.1, -0.05) is 59.6 Å². The summed E-state index contributed by atoms with van der Waals surface area (Å²) in [6.45, 7) is 1.98. The lowest BCUT2D eigenvalue weighted by molar-refractivity contribution is -0.129. The quantitative estimate of drug-likeness (QED) is 0.495. The monoisotopic (exact) mass is 503 g/mol. The number of para-hydroxylation sites is 1. The number of sulfonamides is 1. The smallest absolute Gasteiger partial charge is 0.264 e. The minimum Gasteiger partial charge on any atom is -0.368 e. The summed E-state index contributed by atoms with van der Waals surface area (Å²) in [4.78, 5) is 17.2. The van der Waals surface area contributed by atoms with Crippen LogP contribution in [0.1, 0.15) is 0 Å². The molecule has 4 rings (SSSR count). The van der Waals surface area contributed by atoms with Crippen LogP contribution in [0.25, 0.3) is 0 Å². The number of anilines is 2. The number of hydrogen-bond donors (Lipinski definition) is 0. The summed E-state index contributed by atoms with van der Waals surface area (Å²) in [6.07, 6.45) is 0. The third kappa shape index (κ3) is 5.27. The molecule has 1 aliphatic heterocycles. The first-order valence-corrected chi connectivity index (χ1v) is 12.7. The van der Waals surface area contributed by atoms with Crippen molar-refractivity contribution in [3.63, 3.8) is 0 Å². The number of piperazine rings is 1. The van der Waals surface area contributed by atoms with E-state index in [-0.39, 0.29) is 28.1 Å². The van der Waals surface area contributed by atoms with Crippen molar-refractivity contribution in [3.8, 4) is 0 Å². The maximum Gasteiger partial charge on any atom is 0.264 e. The van der Waals surface area contributed by atoms with Crippen molar-refractivity contribution >= 4 is 50.5 Å². The molecule has 0 N–H and O–H groups in total. The molecule has 0 radical (unpaired) electrons. The van der Waals surface area contributed by atoms with E-state index in [0.717, 1.165) is 9.99 Å². The van der Waals surface area contributed by atoms with Gasteiger partial charge in [0.2, 0.25) is 5.91 Å².